The fourth-order valence-electron chi connectivity index (χ4n) is 2.95. The molecule has 1 fully saturated rings. The predicted octanol–water partition coefficient (Wildman–Crippen LogP) is 2.76. The van der Waals surface area contributed by atoms with Gasteiger partial charge in [0.1, 0.15) is 0 Å². The summed E-state index contributed by atoms with van der Waals surface area (Å²) in [5, 5.41) is 1.99. The zero-order valence-corrected chi connectivity index (χ0v) is 14.0. The number of nitrogens with zero attached hydrogens (tertiary/aromatic N) is 4. The number of hydrogen-bond acceptors (Lipinski definition) is 4. The van der Waals surface area contributed by atoms with Crippen LogP contribution < -0.4 is 4.90 Å². The summed E-state index contributed by atoms with van der Waals surface area (Å²) in [6.07, 6.45) is 7.26. The Kier molecular flexibility index (Phi) is 4.04. The number of thiazole rings is 1. The van der Waals surface area contributed by atoms with Gasteiger partial charge < -0.3 is 9.80 Å². The van der Waals surface area contributed by atoms with Gasteiger partial charge in [-0.1, -0.05) is 18.2 Å². The van der Waals surface area contributed by atoms with Gasteiger partial charge in [-0.05, 0) is 18.2 Å². The standard InChI is InChI=1S/C18H18N4OS/c23-17(7-6-16-14-19-18-22(16)12-13-24-18)21-10-8-20(9-11-21)15-4-2-1-3-5-15/h1-7,12-14H,8-11H2/b7-6+. The van der Waals surface area contributed by atoms with E-state index in [2.05, 4.69) is 22.0 Å². The van der Waals surface area contributed by atoms with Crippen molar-refractivity contribution in [2.75, 3.05) is 31.1 Å². The molecule has 0 radical (unpaired) electrons. The van der Waals surface area contributed by atoms with Crippen LogP contribution in [0.1, 0.15) is 5.69 Å². The second-order valence-electron chi connectivity index (χ2n) is 5.72. The van der Waals surface area contributed by atoms with Crippen LogP contribution in [0, 0.1) is 0 Å². The number of fused-ring (bicyclic) bond motifs is 1. The summed E-state index contributed by atoms with van der Waals surface area (Å²) in [6.45, 7) is 3.23. The Balaban J connectivity index is 1.38. The molecule has 1 aromatic carbocycles. The summed E-state index contributed by atoms with van der Waals surface area (Å²) in [7, 11) is 0. The van der Waals surface area contributed by atoms with E-state index in [1.54, 1.807) is 23.6 Å². The number of piperazine rings is 1. The lowest BCUT2D eigenvalue weighted by molar-refractivity contribution is -0.126. The number of aromatic nitrogens is 2. The number of amides is 1. The first-order chi connectivity index (χ1) is 11.8. The maximum atomic E-state index is 12.4. The lowest BCUT2D eigenvalue weighted by Gasteiger charge is -2.35. The van der Waals surface area contributed by atoms with E-state index in [4.69, 9.17) is 0 Å². The smallest absolute Gasteiger partial charge is 0.246 e. The van der Waals surface area contributed by atoms with Crippen molar-refractivity contribution in [1.29, 1.82) is 0 Å². The Bertz CT molecular complexity index is 859. The van der Waals surface area contributed by atoms with Crippen molar-refractivity contribution in [2.24, 2.45) is 0 Å². The number of carbonyl (C=O) groups is 1. The van der Waals surface area contributed by atoms with Crippen LogP contribution in [0.25, 0.3) is 11.0 Å². The van der Waals surface area contributed by atoms with E-state index < -0.39 is 0 Å². The number of hydrogen-bond donors (Lipinski definition) is 0. The Morgan fingerprint density at radius 3 is 2.71 bits per heavy atom. The van der Waals surface area contributed by atoms with E-state index in [-0.39, 0.29) is 5.91 Å². The maximum absolute atomic E-state index is 12.4. The van der Waals surface area contributed by atoms with Crippen molar-refractivity contribution in [3.8, 4) is 0 Å². The van der Waals surface area contributed by atoms with Crippen LogP contribution in [0.3, 0.4) is 0 Å². The molecule has 3 heterocycles. The van der Waals surface area contributed by atoms with Gasteiger partial charge in [0, 0.05) is 49.5 Å². The molecule has 3 aromatic rings. The second-order valence-corrected chi connectivity index (χ2v) is 6.59. The van der Waals surface area contributed by atoms with Gasteiger partial charge in [0.15, 0.2) is 4.96 Å². The number of rotatable bonds is 3. The quantitative estimate of drug-likeness (QED) is 0.690. The fraction of sp³-hybridized carbons (Fsp3) is 0.222. The van der Waals surface area contributed by atoms with Crippen LogP contribution in [-0.4, -0.2) is 46.4 Å². The van der Waals surface area contributed by atoms with Gasteiger partial charge in [-0.15, -0.1) is 11.3 Å². The van der Waals surface area contributed by atoms with Gasteiger partial charge in [-0.25, -0.2) is 4.98 Å². The Hall–Kier alpha value is -2.60. The molecule has 0 bridgehead atoms. The highest BCUT2D eigenvalue weighted by molar-refractivity contribution is 7.15. The predicted molar refractivity (Wildman–Crippen MR) is 97.3 cm³/mol. The fourth-order valence-corrected chi connectivity index (χ4v) is 3.65. The lowest BCUT2D eigenvalue weighted by Crippen LogP contribution is -2.48. The molecule has 4 rings (SSSR count). The first-order valence-electron chi connectivity index (χ1n) is 7.99. The second kappa shape index (κ2) is 6.49. The molecule has 24 heavy (non-hydrogen) atoms. The highest BCUT2D eigenvalue weighted by Crippen LogP contribution is 2.16. The van der Waals surface area contributed by atoms with Crippen molar-refractivity contribution < 1.29 is 4.79 Å². The van der Waals surface area contributed by atoms with Crippen molar-refractivity contribution in [3.05, 3.63) is 59.9 Å². The van der Waals surface area contributed by atoms with Gasteiger partial charge in [-0.3, -0.25) is 9.20 Å². The lowest BCUT2D eigenvalue weighted by atomic mass is 10.2. The van der Waals surface area contributed by atoms with Crippen LogP contribution in [0.5, 0.6) is 0 Å². The van der Waals surface area contributed by atoms with Crippen LogP contribution in [0.15, 0.2) is 54.2 Å². The molecule has 122 valence electrons. The summed E-state index contributed by atoms with van der Waals surface area (Å²) in [5.41, 5.74) is 2.15. The number of anilines is 1. The van der Waals surface area contributed by atoms with Gasteiger partial charge in [-0.2, -0.15) is 0 Å². The Morgan fingerprint density at radius 1 is 1.12 bits per heavy atom. The SMILES string of the molecule is O=C(/C=C/c1cnc2sccn12)N1CCN(c2ccccc2)CC1. The number of benzene rings is 1. The molecule has 0 atom stereocenters. The average Bonchev–Trinajstić information content (AvgIpc) is 3.25. The highest BCUT2D eigenvalue weighted by atomic mass is 32.1. The van der Waals surface area contributed by atoms with Gasteiger partial charge in [0.05, 0.1) is 11.9 Å². The first kappa shape index (κ1) is 15.0. The molecule has 0 unspecified atom stereocenters. The molecule has 0 N–H and O–H groups in total. The molecule has 2 aromatic heterocycles. The molecular weight excluding hydrogens is 320 g/mol. The average molecular weight is 338 g/mol. The summed E-state index contributed by atoms with van der Waals surface area (Å²) in [6, 6.07) is 10.3. The number of para-hydroxylation sites is 1. The summed E-state index contributed by atoms with van der Waals surface area (Å²) < 4.78 is 1.99. The summed E-state index contributed by atoms with van der Waals surface area (Å²) >= 11 is 1.59. The van der Waals surface area contributed by atoms with Crippen molar-refractivity contribution in [1.82, 2.24) is 14.3 Å². The molecule has 0 saturated carbocycles. The van der Waals surface area contributed by atoms with E-state index in [0.717, 1.165) is 36.8 Å². The molecule has 5 nitrogen and oxygen atoms in total. The first-order valence-corrected chi connectivity index (χ1v) is 8.87. The van der Waals surface area contributed by atoms with E-state index in [1.165, 1.54) is 5.69 Å². The zero-order chi connectivity index (χ0) is 16.4. The monoisotopic (exact) mass is 338 g/mol. The van der Waals surface area contributed by atoms with Gasteiger partial charge >= 0.3 is 0 Å². The molecule has 1 aliphatic rings. The Labute approximate surface area is 144 Å². The molecule has 0 spiro atoms. The summed E-state index contributed by atoms with van der Waals surface area (Å²) in [4.78, 5) is 21.9. The third kappa shape index (κ3) is 2.92. The molecule has 1 aliphatic heterocycles. The van der Waals surface area contributed by atoms with E-state index >= 15 is 0 Å². The largest absolute Gasteiger partial charge is 0.368 e. The van der Waals surface area contributed by atoms with E-state index in [9.17, 15) is 4.79 Å². The van der Waals surface area contributed by atoms with E-state index in [1.807, 2.05) is 45.2 Å². The molecule has 1 amide bonds. The van der Waals surface area contributed by atoms with Crippen molar-refractivity contribution >= 4 is 34.0 Å². The van der Waals surface area contributed by atoms with Crippen molar-refractivity contribution in [2.45, 2.75) is 0 Å². The minimum Gasteiger partial charge on any atom is -0.368 e. The molecule has 0 aliphatic carbocycles. The minimum absolute atomic E-state index is 0.0629. The maximum Gasteiger partial charge on any atom is 0.246 e. The van der Waals surface area contributed by atoms with Crippen LogP contribution >= 0.6 is 11.3 Å². The topological polar surface area (TPSA) is 40.9 Å². The number of carbonyl (C=O) groups excluding carboxylic acids is 1. The highest BCUT2D eigenvalue weighted by Gasteiger charge is 2.19. The van der Waals surface area contributed by atoms with Crippen LogP contribution in [0.4, 0.5) is 5.69 Å². The summed E-state index contributed by atoms with van der Waals surface area (Å²) in [5.74, 6) is 0.0629. The van der Waals surface area contributed by atoms with Crippen LogP contribution in [-0.2, 0) is 4.79 Å². The third-order valence-electron chi connectivity index (χ3n) is 4.28. The van der Waals surface area contributed by atoms with E-state index in [0.29, 0.717) is 0 Å². The molecule has 1 saturated heterocycles. The normalized spacial score (nSPS) is 15.5. The zero-order valence-electron chi connectivity index (χ0n) is 13.2. The number of imidazole rings is 1. The van der Waals surface area contributed by atoms with Gasteiger partial charge in [0.25, 0.3) is 0 Å². The molecular formula is C18H18N4OS. The minimum atomic E-state index is 0.0629. The van der Waals surface area contributed by atoms with Gasteiger partial charge in [0.2, 0.25) is 5.91 Å². The Morgan fingerprint density at radius 2 is 1.92 bits per heavy atom. The van der Waals surface area contributed by atoms with Crippen LogP contribution in [0.2, 0.25) is 0 Å². The molecule has 6 heteroatoms. The van der Waals surface area contributed by atoms with Crippen molar-refractivity contribution in [3.63, 3.8) is 0 Å². The third-order valence-corrected chi connectivity index (χ3v) is 5.05.